The van der Waals surface area contributed by atoms with Crippen molar-refractivity contribution in [3.8, 4) is 0 Å². The van der Waals surface area contributed by atoms with Gasteiger partial charge in [-0.1, -0.05) is 19.9 Å². The molecule has 5 nitrogen and oxygen atoms in total. The summed E-state index contributed by atoms with van der Waals surface area (Å²) < 4.78 is 23.1. The van der Waals surface area contributed by atoms with Gasteiger partial charge < -0.3 is 10.6 Å². The largest absolute Gasteiger partial charge is 0.357 e. The minimum absolute atomic E-state index is 0. The lowest BCUT2D eigenvalue weighted by Crippen LogP contribution is -2.44. The number of halogens is 1. The Balaban J connectivity index is 0.00000264. The average molecular weight is 471 g/mol. The second-order valence-corrected chi connectivity index (χ2v) is 9.48. The molecule has 1 unspecified atom stereocenters. The van der Waals surface area contributed by atoms with Crippen molar-refractivity contribution in [2.75, 3.05) is 24.6 Å². The number of guanidine groups is 1. The summed E-state index contributed by atoms with van der Waals surface area (Å²) in [6.45, 7) is 7.76. The van der Waals surface area contributed by atoms with Gasteiger partial charge in [0.2, 0.25) is 0 Å². The van der Waals surface area contributed by atoms with E-state index in [4.69, 9.17) is 0 Å². The Morgan fingerprint density at radius 2 is 2.22 bits per heavy atom. The second kappa shape index (κ2) is 8.66. The fraction of sp³-hybridized carbons (Fsp3) is 0.667. The molecular formula is C15H26IN3O2S2. The molecule has 2 N–H and O–H groups in total. The molecule has 1 aliphatic rings. The Hall–Kier alpha value is -0.350. The van der Waals surface area contributed by atoms with E-state index in [1.54, 1.807) is 11.3 Å². The van der Waals surface area contributed by atoms with Gasteiger partial charge in [0.05, 0.1) is 18.1 Å². The van der Waals surface area contributed by atoms with Crippen molar-refractivity contribution in [2.45, 2.75) is 38.6 Å². The van der Waals surface area contributed by atoms with Crippen LogP contribution >= 0.6 is 35.3 Å². The Morgan fingerprint density at radius 1 is 1.48 bits per heavy atom. The van der Waals surface area contributed by atoms with Crippen molar-refractivity contribution >= 4 is 51.1 Å². The van der Waals surface area contributed by atoms with Crippen LogP contribution in [0.3, 0.4) is 0 Å². The predicted molar refractivity (Wildman–Crippen MR) is 109 cm³/mol. The zero-order valence-corrected chi connectivity index (χ0v) is 17.8. The van der Waals surface area contributed by atoms with Crippen LogP contribution in [0.5, 0.6) is 0 Å². The molecule has 1 aliphatic heterocycles. The molecule has 0 amide bonds. The summed E-state index contributed by atoms with van der Waals surface area (Å²) in [5.41, 5.74) is -0.0295. The quantitative estimate of drug-likeness (QED) is 0.393. The third-order valence-corrected chi connectivity index (χ3v) is 6.74. The molecular weight excluding hydrogens is 445 g/mol. The SMILES string of the molecule is CCNC(=NCC(C)(C)c1cccs1)NC1CCS(=O)(=O)C1.I. The second-order valence-electron chi connectivity index (χ2n) is 6.30. The highest BCUT2D eigenvalue weighted by Gasteiger charge is 2.28. The summed E-state index contributed by atoms with van der Waals surface area (Å²) in [7, 11) is -2.88. The van der Waals surface area contributed by atoms with Crippen molar-refractivity contribution in [1.29, 1.82) is 0 Å². The van der Waals surface area contributed by atoms with Gasteiger partial charge in [0.15, 0.2) is 15.8 Å². The van der Waals surface area contributed by atoms with Gasteiger partial charge in [0.1, 0.15) is 0 Å². The van der Waals surface area contributed by atoms with Gasteiger partial charge >= 0.3 is 0 Å². The first-order valence-electron chi connectivity index (χ1n) is 7.62. The maximum absolute atomic E-state index is 11.6. The molecule has 132 valence electrons. The highest BCUT2D eigenvalue weighted by molar-refractivity contribution is 14.0. The van der Waals surface area contributed by atoms with Gasteiger partial charge in [-0.25, -0.2) is 8.42 Å². The lowest BCUT2D eigenvalue weighted by atomic mass is 9.92. The van der Waals surface area contributed by atoms with E-state index in [9.17, 15) is 8.42 Å². The Labute approximate surface area is 160 Å². The van der Waals surface area contributed by atoms with Crippen molar-refractivity contribution in [1.82, 2.24) is 10.6 Å². The molecule has 1 atom stereocenters. The predicted octanol–water partition coefficient (Wildman–Crippen LogP) is 2.39. The van der Waals surface area contributed by atoms with E-state index in [-0.39, 0.29) is 46.9 Å². The highest BCUT2D eigenvalue weighted by Crippen LogP contribution is 2.27. The highest BCUT2D eigenvalue weighted by atomic mass is 127. The molecule has 0 aromatic carbocycles. The molecule has 0 bridgehead atoms. The van der Waals surface area contributed by atoms with Crippen LogP contribution in [0.4, 0.5) is 0 Å². The zero-order valence-electron chi connectivity index (χ0n) is 13.8. The molecule has 0 radical (unpaired) electrons. The maximum atomic E-state index is 11.6. The van der Waals surface area contributed by atoms with Crippen LogP contribution in [0.1, 0.15) is 32.1 Å². The normalized spacial score (nSPS) is 20.8. The maximum Gasteiger partial charge on any atom is 0.191 e. The first-order valence-corrected chi connectivity index (χ1v) is 10.3. The van der Waals surface area contributed by atoms with Crippen LogP contribution in [0, 0.1) is 0 Å². The fourth-order valence-electron chi connectivity index (χ4n) is 2.44. The van der Waals surface area contributed by atoms with Gasteiger partial charge in [-0.3, -0.25) is 4.99 Å². The third kappa shape index (κ3) is 6.22. The lowest BCUT2D eigenvalue weighted by molar-refractivity contribution is 0.545. The van der Waals surface area contributed by atoms with E-state index < -0.39 is 9.84 Å². The van der Waals surface area contributed by atoms with Gasteiger partial charge in [0, 0.05) is 22.9 Å². The van der Waals surface area contributed by atoms with Crippen LogP contribution in [-0.4, -0.2) is 45.0 Å². The molecule has 2 rings (SSSR count). The summed E-state index contributed by atoms with van der Waals surface area (Å²) >= 11 is 1.74. The Kier molecular flexibility index (Phi) is 7.79. The minimum atomic E-state index is -2.88. The molecule has 1 aromatic heterocycles. The molecule has 0 saturated carbocycles. The van der Waals surface area contributed by atoms with Gasteiger partial charge in [-0.15, -0.1) is 35.3 Å². The van der Waals surface area contributed by atoms with E-state index in [0.29, 0.717) is 18.9 Å². The molecule has 1 saturated heterocycles. The van der Waals surface area contributed by atoms with Gasteiger partial charge in [-0.2, -0.15) is 0 Å². The minimum Gasteiger partial charge on any atom is -0.357 e. The first-order chi connectivity index (χ1) is 10.3. The van der Waals surface area contributed by atoms with Crippen LogP contribution in [0.15, 0.2) is 22.5 Å². The monoisotopic (exact) mass is 471 g/mol. The summed E-state index contributed by atoms with van der Waals surface area (Å²) in [6, 6.07) is 4.15. The molecule has 8 heteroatoms. The number of nitrogens with one attached hydrogen (secondary N) is 2. The van der Waals surface area contributed by atoms with Crippen molar-refractivity contribution in [3.63, 3.8) is 0 Å². The van der Waals surface area contributed by atoms with E-state index in [1.165, 1.54) is 4.88 Å². The van der Waals surface area contributed by atoms with Crippen molar-refractivity contribution < 1.29 is 8.42 Å². The van der Waals surface area contributed by atoms with Crippen molar-refractivity contribution in [3.05, 3.63) is 22.4 Å². The summed E-state index contributed by atoms with van der Waals surface area (Å²) in [6.07, 6.45) is 0.654. The van der Waals surface area contributed by atoms with Crippen LogP contribution in [0.25, 0.3) is 0 Å². The van der Waals surface area contributed by atoms with Crippen LogP contribution in [0.2, 0.25) is 0 Å². The molecule has 1 fully saturated rings. The molecule has 2 heterocycles. The average Bonchev–Trinajstić information content (AvgIpc) is 3.06. The smallest absolute Gasteiger partial charge is 0.191 e. The summed E-state index contributed by atoms with van der Waals surface area (Å²) in [5, 5.41) is 8.53. The number of nitrogens with zero attached hydrogens (tertiary/aromatic N) is 1. The number of hydrogen-bond acceptors (Lipinski definition) is 4. The Bertz CT molecular complexity index is 613. The van der Waals surface area contributed by atoms with Crippen LogP contribution < -0.4 is 10.6 Å². The number of aliphatic imine (C=N–C) groups is 1. The van der Waals surface area contributed by atoms with E-state index >= 15 is 0 Å². The Morgan fingerprint density at radius 3 is 2.74 bits per heavy atom. The standard InChI is InChI=1S/C15H25N3O2S2.HI/c1-4-16-14(18-12-7-9-22(19,20)10-12)17-11-15(2,3)13-6-5-8-21-13;/h5-6,8,12H,4,7,9-11H2,1-3H3,(H2,16,17,18);1H. The van der Waals surface area contributed by atoms with Crippen molar-refractivity contribution in [2.24, 2.45) is 4.99 Å². The zero-order chi connectivity index (χ0) is 16.2. The molecule has 0 spiro atoms. The van der Waals surface area contributed by atoms with E-state index in [0.717, 1.165) is 6.54 Å². The molecule has 23 heavy (non-hydrogen) atoms. The number of hydrogen-bond donors (Lipinski definition) is 2. The number of thiophene rings is 1. The van der Waals surface area contributed by atoms with Gasteiger partial charge in [-0.05, 0) is 24.8 Å². The number of sulfone groups is 1. The summed E-state index contributed by atoms with van der Waals surface area (Å²) in [4.78, 5) is 5.96. The number of rotatable bonds is 5. The van der Waals surface area contributed by atoms with E-state index in [1.807, 2.05) is 6.92 Å². The molecule has 0 aliphatic carbocycles. The molecule has 1 aromatic rings. The summed E-state index contributed by atoms with van der Waals surface area (Å²) in [5.74, 6) is 1.17. The fourth-order valence-corrected chi connectivity index (χ4v) is 4.96. The first kappa shape index (κ1) is 20.7. The van der Waals surface area contributed by atoms with Crippen LogP contribution in [-0.2, 0) is 15.3 Å². The van der Waals surface area contributed by atoms with E-state index in [2.05, 4.69) is 47.0 Å². The third-order valence-electron chi connectivity index (χ3n) is 3.74. The van der Waals surface area contributed by atoms with Gasteiger partial charge in [0.25, 0.3) is 0 Å². The topological polar surface area (TPSA) is 70.6 Å². The lowest BCUT2D eigenvalue weighted by Gasteiger charge is -2.22.